The minimum absolute atomic E-state index is 0.103. The molecule has 1 heterocycles. The van der Waals surface area contributed by atoms with Crippen LogP contribution < -0.4 is 4.90 Å². The third-order valence-electron chi connectivity index (χ3n) is 4.65. The molecular weight excluding hydrogens is 287 g/mol. The highest BCUT2D eigenvalue weighted by Crippen LogP contribution is 2.22. The van der Waals surface area contributed by atoms with E-state index in [2.05, 4.69) is 41.0 Å². The molecule has 0 spiro atoms. The molecule has 0 aromatic heterocycles. The van der Waals surface area contributed by atoms with Gasteiger partial charge in [0.05, 0.1) is 5.69 Å². The zero-order valence-corrected chi connectivity index (χ0v) is 14.1. The van der Waals surface area contributed by atoms with E-state index in [1.165, 1.54) is 11.1 Å². The van der Waals surface area contributed by atoms with E-state index in [-0.39, 0.29) is 5.82 Å². The fraction of sp³-hybridized carbons (Fsp3) is 0.400. The first-order valence-corrected chi connectivity index (χ1v) is 8.47. The summed E-state index contributed by atoms with van der Waals surface area (Å²) in [5, 5.41) is 0. The van der Waals surface area contributed by atoms with Crippen LogP contribution in [0.25, 0.3) is 0 Å². The molecule has 2 aromatic rings. The Kier molecular flexibility index (Phi) is 4.97. The Morgan fingerprint density at radius 1 is 0.913 bits per heavy atom. The number of benzene rings is 2. The minimum atomic E-state index is -0.103. The lowest BCUT2D eigenvalue weighted by molar-refractivity contribution is 0.249. The number of nitrogens with zero attached hydrogens (tertiary/aromatic N) is 2. The molecule has 2 nitrogen and oxygen atoms in total. The van der Waals surface area contributed by atoms with Crippen LogP contribution in [-0.4, -0.2) is 31.1 Å². The topological polar surface area (TPSA) is 6.48 Å². The second-order valence-corrected chi connectivity index (χ2v) is 6.39. The summed E-state index contributed by atoms with van der Waals surface area (Å²) in [7, 11) is 0. The van der Waals surface area contributed by atoms with Crippen molar-refractivity contribution in [3.8, 4) is 0 Å². The molecule has 1 aliphatic rings. The SMILES string of the molecule is CCc1ccc(CN2CCN(c3ccc(C)cc3F)CC2)cc1. The molecule has 0 saturated carbocycles. The van der Waals surface area contributed by atoms with Gasteiger partial charge in [-0.3, -0.25) is 4.90 Å². The zero-order chi connectivity index (χ0) is 16.2. The average molecular weight is 312 g/mol. The molecule has 0 amide bonds. The molecule has 122 valence electrons. The third kappa shape index (κ3) is 3.91. The van der Waals surface area contributed by atoms with Crippen LogP contribution in [0.1, 0.15) is 23.6 Å². The van der Waals surface area contributed by atoms with Crippen molar-refractivity contribution in [2.24, 2.45) is 0 Å². The lowest BCUT2D eigenvalue weighted by Crippen LogP contribution is -2.46. The largest absolute Gasteiger partial charge is 0.367 e. The van der Waals surface area contributed by atoms with Crippen molar-refractivity contribution in [3.63, 3.8) is 0 Å². The lowest BCUT2D eigenvalue weighted by Gasteiger charge is -2.36. The van der Waals surface area contributed by atoms with E-state index < -0.39 is 0 Å². The Balaban J connectivity index is 1.57. The molecular formula is C20H25FN2. The van der Waals surface area contributed by atoms with Crippen molar-refractivity contribution >= 4 is 5.69 Å². The van der Waals surface area contributed by atoms with Gasteiger partial charge in [0.15, 0.2) is 0 Å². The van der Waals surface area contributed by atoms with Crippen molar-refractivity contribution in [2.75, 3.05) is 31.1 Å². The molecule has 23 heavy (non-hydrogen) atoms. The van der Waals surface area contributed by atoms with E-state index in [9.17, 15) is 4.39 Å². The first-order valence-electron chi connectivity index (χ1n) is 8.47. The number of piperazine rings is 1. The smallest absolute Gasteiger partial charge is 0.146 e. The average Bonchev–Trinajstić information content (AvgIpc) is 2.57. The van der Waals surface area contributed by atoms with Gasteiger partial charge < -0.3 is 4.90 Å². The molecule has 0 aliphatic carbocycles. The summed E-state index contributed by atoms with van der Waals surface area (Å²) in [6, 6.07) is 14.4. The van der Waals surface area contributed by atoms with Gasteiger partial charge in [-0.2, -0.15) is 0 Å². The fourth-order valence-corrected chi connectivity index (χ4v) is 3.15. The Morgan fingerprint density at radius 3 is 2.17 bits per heavy atom. The molecule has 0 radical (unpaired) electrons. The molecule has 3 heteroatoms. The van der Waals surface area contributed by atoms with Crippen molar-refractivity contribution in [1.29, 1.82) is 0 Å². The Bertz CT molecular complexity index is 643. The summed E-state index contributed by atoms with van der Waals surface area (Å²) in [4.78, 5) is 4.61. The van der Waals surface area contributed by atoms with Gasteiger partial charge in [-0.1, -0.05) is 37.3 Å². The van der Waals surface area contributed by atoms with Gasteiger partial charge in [-0.15, -0.1) is 0 Å². The first kappa shape index (κ1) is 16.0. The van der Waals surface area contributed by atoms with Gasteiger partial charge in [-0.05, 0) is 42.2 Å². The standard InChI is InChI=1S/C20H25FN2/c1-3-17-5-7-18(8-6-17)15-22-10-12-23(13-11-22)20-9-4-16(2)14-19(20)21/h4-9,14H,3,10-13,15H2,1-2H3. The number of aryl methyl sites for hydroxylation is 2. The Labute approximate surface area is 138 Å². The second-order valence-electron chi connectivity index (χ2n) is 6.39. The van der Waals surface area contributed by atoms with Gasteiger partial charge in [0.25, 0.3) is 0 Å². The summed E-state index contributed by atoms with van der Waals surface area (Å²) in [6.07, 6.45) is 1.08. The minimum Gasteiger partial charge on any atom is -0.367 e. The number of hydrogen-bond acceptors (Lipinski definition) is 2. The van der Waals surface area contributed by atoms with Gasteiger partial charge in [0, 0.05) is 32.7 Å². The number of hydrogen-bond donors (Lipinski definition) is 0. The molecule has 1 fully saturated rings. The van der Waals surface area contributed by atoms with Crippen LogP contribution in [-0.2, 0) is 13.0 Å². The van der Waals surface area contributed by atoms with Gasteiger partial charge >= 0.3 is 0 Å². The molecule has 0 bridgehead atoms. The molecule has 0 atom stereocenters. The van der Waals surface area contributed by atoms with Crippen LogP contribution in [0.2, 0.25) is 0 Å². The van der Waals surface area contributed by atoms with Crippen LogP contribution in [0.4, 0.5) is 10.1 Å². The molecule has 1 aliphatic heterocycles. The molecule has 0 unspecified atom stereocenters. The lowest BCUT2D eigenvalue weighted by atomic mass is 10.1. The summed E-state index contributed by atoms with van der Waals surface area (Å²) in [5.74, 6) is -0.103. The monoisotopic (exact) mass is 312 g/mol. The first-order chi connectivity index (χ1) is 11.2. The number of halogens is 1. The predicted octanol–water partition coefficient (Wildman–Crippen LogP) is 4.02. The van der Waals surface area contributed by atoms with Crippen molar-refractivity contribution in [2.45, 2.75) is 26.8 Å². The van der Waals surface area contributed by atoms with Crippen LogP contribution >= 0.6 is 0 Å². The van der Waals surface area contributed by atoms with Crippen LogP contribution in [0.15, 0.2) is 42.5 Å². The summed E-state index contributed by atoms with van der Waals surface area (Å²) in [5.41, 5.74) is 4.45. The highest BCUT2D eigenvalue weighted by atomic mass is 19.1. The van der Waals surface area contributed by atoms with E-state index in [1.54, 1.807) is 6.07 Å². The van der Waals surface area contributed by atoms with Crippen molar-refractivity contribution in [1.82, 2.24) is 4.90 Å². The van der Waals surface area contributed by atoms with Gasteiger partial charge in [0.1, 0.15) is 5.82 Å². The van der Waals surface area contributed by atoms with E-state index in [0.29, 0.717) is 0 Å². The van der Waals surface area contributed by atoms with E-state index >= 15 is 0 Å². The van der Waals surface area contributed by atoms with Gasteiger partial charge in [-0.25, -0.2) is 4.39 Å². The summed E-state index contributed by atoms with van der Waals surface area (Å²) < 4.78 is 14.1. The van der Waals surface area contributed by atoms with Crippen molar-refractivity contribution in [3.05, 3.63) is 65.0 Å². The number of anilines is 1. The maximum absolute atomic E-state index is 14.1. The maximum atomic E-state index is 14.1. The Morgan fingerprint density at radius 2 is 1.57 bits per heavy atom. The van der Waals surface area contributed by atoms with Crippen molar-refractivity contribution < 1.29 is 4.39 Å². The van der Waals surface area contributed by atoms with Gasteiger partial charge in [0.2, 0.25) is 0 Å². The molecule has 0 N–H and O–H groups in total. The highest BCUT2D eigenvalue weighted by molar-refractivity contribution is 5.49. The summed E-state index contributed by atoms with van der Waals surface area (Å²) >= 11 is 0. The Hall–Kier alpha value is -1.87. The normalized spacial score (nSPS) is 15.9. The quantitative estimate of drug-likeness (QED) is 0.841. The fourth-order valence-electron chi connectivity index (χ4n) is 3.15. The van der Waals surface area contributed by atoms with Crippen LogP contribution in [0.5, 0.6) is 0 Å². The molecule has 3 rings (SSSR count). The second kappa shape index (κ2) is 7.14. The van der Waals surface area contributed by atoms with E-state index in [4.69, 9.17) is 0 Å². The zero-order valence-electron chi connectivity index (χ0n) is 14.1. The number of rotatable bonds is 4. The third-order valence-corrected chi connectivity index (χ3v) is 4.65. The van der Waals surface area contributed by atoms with E-state index in [0.717, 1.165) is 50.4 Å². The van der Waals surface area contributed by atoms with E-state index in [1.807, 2.05) is 19.1 Å². The van der Waals surface area contributed by atoms with Crippen LogP contribution in [0.3, 0.4) is 0 Å². The predicted molar refractivity (Wildman–Crippen MR) is 94.4 cm³/mol. The molecule has 1 saturated heterocycles. The highest BCUT2D eigenvalue weighted by Gasteiger charge is 2.19. The van der Waals surface area contributed by atoms with Crippen LogP contribution in [0, 0.1) is 12.7 Å². The summed E-state index contributed by atoms with van der Waals surface area (Å²) in [6.45, 7) is 8.80. The molecule has 2 aromatic carbocycles. The maximum Gasteiger partial charge on any atom is 0.146 e.